The molecule has 1 saturated heterocycles. The molecule has 1 aliphatic heterocycles. The van der Waals surface area contributed by atoms with Gasteiger partial charge in [0.2, 0.25) is 0 Å². The molecule has 23 heavy (non-hydrogen) atoms. The maximum atomic E-state index is 6.41. The van der Waals surface area contributed by atoms with Crippen LogP contribution in [0.2, 0.25) is 0 Å². The largest absolute Gasteiger partial charge is 0.347 e. The van der Waals surface area contributed by atoms with E-state index in [9.17, 15) is 0 Å². The first-order valence-electron chi connectivity index (χ1n) is 9.87. The van der Waals surface area contributed by atoms with Gasteiger partial charge in [0.15, 0.2) is 5.79 Å². The summed E-state index contributed by atoms with van der Waals surface area (Å²) in [6, 6.07) is 0.614. The summed E-state index contributed by atoms with van der Waals surface area (Å²) in [6.45, 7) is 17.0. The van der Waals surface area contributed by atoms with Crippen molar-refractivity contribution >= 4 is 0 Å². The second-order valence-electron chi connectivity index (χ2n) is 8.59. The topological polar surface area (TPSA) is 21.7 Å². The van der Waals surface area contributed by atoms with Crippen molar-refractivity contribution in [3.05, 3.63) is 0 Å². The van der Waals surface area contributed by atoms with Crippen molar-refractivity contribution in [3.8, 4) is 0 Å². The van der Waals surface area contributed by atoms with E-state index in [1.807, 2.05) is 0 Å². The molecule has 136 valence electrons. The molecule has 0 amide bonds. The minimum Gasteiger partial charge on any atom is -0.347 e. The number of rotatable bonds is 7. The number of hydrogen-bond acceptors (Lipinski definition) is 3. The zero-order valence-corrected chi connectivity index (χ0v) is 16.4. The van der Waals surface area contributed by atoms with Gasteiger partial charge >= 0.3 is 0 Å². The van der Waals surface area contributed by atoms with E-state index in [-0.39, 0.29) is 5.79 Å². The molecule has 0 N–H and O–H groups in total. The predicted molar refractivity (Wildman–Crippen MR) is 96.6 cm³/mol. The Morgan fingerprint density at radius 1 is 1.17 bits per heavy atom. The van der Waals surface area contributed by atoms with Crippen molar-refractivity contribution in [1.29, 1.82) is 0 Å². The molecular formula is C20H39NO2. The normalized spacial score (nSPS) is 32.3. The third-order valence-corrected chi connectivity index (χ3v) is 6.55. The highest BCUT2D eigenvalue weighted by molar-refractivity contribution is 4.89. The predicted octanol–water partition coefficient (Wildman–Crippen LogP) is 4.84. The molecule has 0 radical (unpaired) electrons. The molecule has 1 atom stereocenters. The monoisotopic (exact) mass is 325 g/mol. The fraction of sp³-hybridized carbons (Fsp3) is 1.00. The molecule has 3 heteroatoms. The molecule has 2 aliphatic rings. The third-order valence-electron chi connectivity index (χ3n) is 6.55. The molecule has 1 aliphatic carbocycles. The zero-order chi connectivity index (χ0) is 17.1. The van der Waals surface area contributed by atoms with E-state index >= 15 is 0 Å². The Labute approximate surface area is 144 Å². The summed E-state index contributed by atoms with van der Waals surface area (Å²) < 4.78 is 12.6. The van der Waals surface area contributed by atoms with Crippen molar-refractivity contribution in [3.63, 3.8) is 0 Å². The second kappa shape index (κ2) is 7.84. The fourth-order valence-corrected chi connectivity index (χ4v) is 4.24. The van der Waals surface area contributed by atoms with Crippen LogP contribution in [0, 0.1) is 11.3 Å². The average molecular weight is 326 g/mol. The van der Waals surface area contributed by atoms with E-state index < -0.39 is 0 Å². The minimum atomic E-state index is -0.250. The molecule has 0 bridgehead atoms. The lowest BCUT2D eigenvalue weighted by atomic mass is 9.68. The van der Waals surface area contributed by atoms with Crippen LogP contribution in [0.15, 0.2) is 0 Å². The highest BCUT2D eigenvalue weighted by atomic mass is 16.7. The van der Waals surface area contributed by atoms with Crippen molar-refractivity contribution in [2.24, 2.45) is 11.3 Å². The van der Waals surface area contributed by atoms with Crippen LogP contribution in [0.25, 0.3) is 0 Å². The van der Waals surface area contributed by atoms with Gasteiger partial charge in [-0.2, -0.15) is 0 Å². The molecular weight excluding hydrogens is 286 g/mol. The van der Waals surface area contributed by atoms with Crippen LogP contribution in [0.1, 0.15) is 80.1 Å². The van der Waals surface area contributed by atoms with Crippen molar-refractivity contribution in [1.82, 2.24) is 4.90 Å². The lowest BCUT2D eigenvalue weighted by molar-refractivity contribution is -0.197. The average Bonchev–Trinajstić information content (AvgIpc) is 2.91. The first kappa shape index (κ1) is 19.2. The molecule has 1 saturated carbocycles. The van der Waals surface area contributed by atoms with Gasteiger partial charge in [0.1, 0.15) is 0 Å². The molecule has 2 rings (SSSR count). The summed E-state index contributed by atoms with van der Waals surface area (Å²) in [5.74, 6) is 0.570. The van der Waals surface area contributed by atoms with Gasteiger partial charge in [-0.3, -0.25) is 0 Å². The lowest BCUT2D eigenvalue weighted by Gasteiger charge is -2.42. The third kappa shape index (κ3) is 4.70. The van der Waals surface area contributed by atoms with Crippen LogP contribution in [-0.4, -0.2) is 42.5 Å². The maximum absolute atomic E-state index is 6.41. The van der Waals surface area contributed by atoms with Gasteiger partial charge < -0.3 is 14.4 Å². The van der Waals surface area contributed by atoms with Gasteiger partial charge in [-0.25, -0.2) is 0 Å². The SMILES string of the molecule is CCN(CCC1COC2(CCC(C(C)(C)CC)CC2)O1)C(C)C. The molecule has 1 spiro atoms. The molecule has 0 aromatic carbocycles. The number of ether oxygens (including phenoxy) is 2. The van der Waals surface area contributed by atoms with E-state index in [0.717, 1.165) is 44.9 Å². The fourth-order valence-electron chi connectivity index (χ4n) is 4.24. The Hall–Kier alpha value is -0.120. The van der Waals surface area contributed by atoms with Gasteiger partial charge in [0.25, 0.3) is 0 Å². The van der Waals surface area contributed by atoms with Crippen LogP contribution in [0.5, 0.6) is 0 Å². The summed E-state index contributed by atoms with van der Waals surface area (Å²) in [4.78, 5) is 2.51. The number of hydrogen-bond donors (Lipinski definition) is 0. The van der Waals surface area contributed by atoms with Crippen molar-refractivity contribution in [2.45, 2.75) is 98.0 Å². The molecule has 1 unspecified atom stereocenters. The molecule has 0 aromatic rings. The van der Waals surface area contributed by atoms with Gasteiger partial charge in [-0.05, 0) is 51.0 Å². The quantitative estimate of drug-likeness (QED) is 0.668. The van der Waals surface area contributed by atoms with Crippen molar-refractivity contribution < 1.29 is 9.47 Å². The first-order chi connectivity index (χ1) is 10.8. The van der Waals surface area contributed by atoms with Crippen LogP contribution < -0.4 is 0 Å². The van der Waals surface area contributed by atoms with E-state index in [1.165, 1.54) is 19.3 Å². The Kier molecular flexibility index (Phi) is 6.55. The highest BCUT2D eigenvalue weighted by Gasteiger charge is 2.46. The highest BCUT2D eigenvalue weighted by Crippen LogP contribution is 2.47. The van der Waals surface area contributed by atoms with Gasteiger partial charge in [0, 0.05) is 25.4 Å². The standard InChI is InChI=1S/C20H39NO2/c1-7-19(5,6)17-9-12-20(13-10-17)22-15-18(23-20)11-14-21(8-2)16(3)4/h16-18H,7-15H2,1-6H3. The molecule has 1 heterocycles. The van der Waals surface area contributed by atoms with E-state index in [1.54, 1.807) is 0 Å². The van der Waals surface area contributed by atoms with E-state index in [0.29, 0.717) is 17.6 Å². The van der Waals surface area contributed by atoms with Crippen LogP contribution in [0.4, 0.5) is 0 Å². The summed E-state index contributed by atoms with van der Waals surface area (Å²) in [7, 11) is 0. The Bertz CT molecular complexity index is 359. The van der Waals surface area contributed by atoms with Crippen molar-refractivity contribution in [2.75, 3.05) is 19.7 Å². The molecule has 2 fully saturated rings. The van der Waals surface area contributed by atoms with E-state index in [2.05, 4.69) is 46.4 Å². The summed E-state index contributed by atoms with van der Waals surface area (Å²) in [5, 5.41) is 0. The number of nitrogens with zero attached hydrogens (tertiary/aromatic N) is 1. The molecule has 3 nitrogen and oxygen atoms in total. The van der Waals surface area contributed by atoms with Crippen LogP contribution in [-0.2, 0) is 9.47 Å². The summed E-state index contributed by atoms with van der Waals surface area (Å²) in [5.41, 5.74) is 0.457. The first-order valence-corrected chi connectivity index (χ1v) is 9.87. The van der Waals surface area contributed by atoms with Crippen LogP contribution in [0.3, 0.4) is 0 Å². The Morgan fingerprint density at radius 2 is 1.83 bits per heavy atom. The summed E-state index contributed by atoms with van der Waals surface area (Å²) in [6.07, 6.45) is 7.31. The van der Waals surface area contributed by atoms with E-state index in [4.69, 9.17) is 9.47 Å². The second-order valence-corrected chi connectivity index (χ2v) is 8.59. The molecule has 0 aromatic heterocycles. The summed E-state index contributed by atoms with van der Waals surface area (Å²) >= 11 is 0. The lowest BCUT2D eigenvalue weighted by Crippen LogP contribution is -2.39. The minimum absolute atomic E-state index is 0.250. The van der Waals surface area contributed by atoms with Gasteiger partial charge in [-0.1, -0.05) is 34.1 Å². The van der Waals surface area contributed by atoms with Gasteiger partial charge in [0.05, 0.1) is 12.7 Å². The zero-order valence-electron chi connectivity index (χ0n) is 16.4. The maximum Gasteiger partial charge on any atom is 0.168 e. The van der Waals surface area contributed by atoms with Gasteiger partial charge in [-0.15, -0.1) is 0 Å². The Balaban J connectivity index is 1.79. The van der Waals surface area contributed by atoms with Crippen LogP contribution >= 0.6 is 0 Å². The Morgan fingerprint density at radius 3 is 2.35 bits per heavy atom. The smallest absolute Gasteiger partial charge is 0.168 e.